The molecule has 2 atom stereocenters. The molecule has 0 radical (unpaired) electrons. The van der Waals surface area contributed by atoms with E-state index in [0.29, 0.717) is 12.6 Å². The number of aromatic nitrogens is 2. The number of hydrogen-bond acceptors (Lipinski definition) is 4. The van der Waals surface area contributed by atoms with Gasteiger partial charge in [0, 0.05) is 45.0 Å². The molecule has 2 N–H and O–H groups in total. The van der Waals surface area contributed by atoms with Crippen molar-refractivity contribution in [1.29, 1.82) is 0 Å². The largest absolute Gasteiger partial charge is 0.383 e. The Bertz CT molecular complexity index is 389. The average Bonchev–Trinajstić information content (AvgIpc) is 3.17. The smallest absolute Gasteiger partial charge is 0.0590 e. The van der Waals surface area contributed by atoms with Gasteiger partial charge in [-0.05, 0) is 25.7 Å². The molecule has 1 aliphatic carbocycles. The molecule has 1 aliphatic rings. The molecule has 1 heterocycles. The van der Waals surface area contributed by atoms with Crippen LogP contribution in [-0.4, -0.2) is 47.5 Å². The number of nitrogens with two attached hydrogens (primary N) is 1. The Labute approximate surface area is 115 Å². The van der Waals surface area contributed by atoms with E-state index in [0.717, 1.165) is 19.1 Å². The second-order valence-electron chi connectivity index (χ2n) is 5.51. The van der Waals surface area contributed by atoms with Crippen molar-refractivity contribution < 1.29 is 4.74 Å². The van der Waals surface area contributed by atoms with Gasteiger partial charge in [-0.2, -0.15) is 5.10 Å². The van der Waals surface area contributed by atoms with Gasteiger partial charge in [0.15, 0.2) is 0 Å². The summed E-state index contributed by atoms with van der Waals surface area (Å²) in [5, 5.41) is 4.27. The minimum absolute atomic E-state index is 0.236. The number of ether oxygens (including phenoxy) is 1. The average molecular weight is 266 g/mol. The van der Waals surface area contributed by atoms with E-state index >= 15 is 0 Å². The SMILES string of the molecule is COCCN(C(CN)c1cnn(C)c1)C(C)C1CC1. The molecule has 2 rings (SSSR count). The number of aryl methyl sites for hydroxylation is 1. The van der Waals surface area contributed by atoms with E-state index < -0.39 is 0 Å². The number of methoxy groups -OCH3 is 1. The fraction of sp³-hybridized carbons (Fsp3) is 0.786. The molecule has 1 fully saturated rings. The summed E-state index contributed by atoms with van der Waals surface area (Å²) in [7, 11) is 3.70. The Hall–Kier alpha value is -0.910. The molecule has 5 heteroatoms. The van der Waals surface area contributed by atoms with Crippen LogP contribution >= 0.6 is 0 Å². The van der Waals surface area contributed by atoms with Crippen molar-refractivity contribution in [2.45, 2.75) is 31.8 Å². The van der Waals surface area contributed by atoms with Crippen LogP contribution in [0.1, 0.15) is 31.4 Å². The molecule has 19 heavy (non-hydrogen) atoms. The summed E-state index contributed by atoms with van der Waals surface area (Å²) in [6.45, 7) is 4.59. The van der Waals surface area contributed by atoms with E-state index in [9.17, 15) is 0 Å². The second kappa shape index (κ2) is 6.50. The normalized spacial score (nSPS) is 18.8. The lowest BCUT2D eigenvalue weighted by molar-refractivity contribution is 0.0834. The zero-order valence-corrected chi connectivity index (χ0v) is 12.2. The van der Waals surface area contributed by atoms with E-state index in [1.807, 2.05) is 17.9 Å². The standard InChI is InChI=1S/C14H26N4O/c1-11(12-4-5-12)18(6-7-19-3)14(8-15)13-9-16-17(2)10-13/h9-12,14H,4-8,15H2,1-3H3. The van der Waals surface area contributed by atoms with Crippen LogP contribution in [0.15, 0.2) is 12.4 Å². The van der Waals surface area contributed by atoms with Gasteiger partial charge < -0.3 is 10.5 Å². The van der Waals surface area contributed by atoms with E-state index in [-0.39, 0.29) is 6.04 Å². The van der Waals surface area contributed by atoms with Gasteiger partial charge in [-0.25, -0.2) is 0 Å². The zero-order valence-electron chi connectivity index (χ0n) is 12.2. The molecule has 1 saturated carbocycles. The molecule has 1 aromatic rings. The van der Waals surface area contributed by atoms with E-state index in [1.54, 1.807) is 7.11 Å². The molecule has 0 saturated heterocycles. The Balaban J connectivity index is 2.13. The van der Waals surface area contributed by atoms with Crippen molar-refractivity contribution in [3.05, 3.63) is 18.0 Å². The minimum Gasteiger partial charge on any atom is -0.383 e. The summed E-state index contributed by atoms with van der Waals surface area (Å²) < 4.78 is 7.10. The fourth-order valence-corrected chi connectivity index (χ4v) is 2.76. The van der Waals surface area contributed by atoms with E-state index in [2.05, 4.69) is 23.1 Å². The molecule has 2 unspecified atom stereocenters. The third-order valence-corrected chi connectivity index (χ3v) is 4.11. The molecule has 5 nitrogen and oxygen atoms in total. The Kier molecular flexibility index (Phi) is 4.96. The Morgan fingerprint density at radius 1 is 1.58 bits per heavy atom. The van der Waals surface area contributed by atoms with Gasteiger partial charge in [-0.15, -0.1) is 0 Å². The second-order valence-corrected chi connectivity index (χ2v) is 5.51. The maximum Gasteiger partial charge on any atom is 0.0590 e. The van der Waals surface area contributed by atoms with Crippen molar-refractivity contribution in [2.24, 2.45) is 18.7 Å². The van der Waals surface area contributed by atoms with Crippen LogP contribution in [-0.2, 0) is 11.8 Å². The molecular weight excluding hydrogens is 240 g/mol. The topological polar surface area (TPSA) is 56.3 Å². The van der Waals surface area contributed by atoms with Crippen molar-refractivity contribution in [3.63, 3.8) is 0 Å². The van der Waals surface area contributed by atoms with Gasteiger partial charge in [0.1, 0.15) is 0 Å². The third kappa shape index (κ3) is 3.55. The molecule has 1 aromatic heterocycles. The maximum atomic E-state index is 6.03. The molecule has 108 valence electrons. The summed E-state index contributed by atoms with van der Waals surface area (Å²) in [6.07, 6.45) is 6.68. The highest BCUT2D eigenvalue weighted by atomic mass is 16.5. The third-order valence-electron chi connectivity index (χ3n) is 4.11. The van der Waals surface area contributed by atoms with Crippen molar-refractivity contribution >= 4 is 0 Å². The summed E-state index contributed by atoms with van der Waals surface area (Å²) in [6, 6.07) is 0.795. The van der Waals surface area contributed by atoms with Crippen LogP contribution in [0.5, 0.6) is 0 Å². The lowest BCUT2D eigenvalue weighted by Crippen LogP contribution is -2.42. The van der Waals surface area contributed by atoms with Crippen LogP contribution < -0.4 is 5.73 Å². The van der Waals surface area contributed by atoms with Crippen molar-refractivity contribution in [1.82, 2.24) is 14.7 Å². The summed E-state index contributed by atoms with van der Waals surface area (Å²) in [4.78, 5) is 2.48. The lowest BCUT2D eigenvalue weighted by atomic mass is 10.0. The van der Waals surface area contributed by atoms with Crippen LogP contribution in [0.3, 0.4) is 0 Å². The Morgan fingerprint density at radius 3 is 2.79 bits per heavy atom. The molecule has 0 bridgehead atoms. The minimum atomic E-state index is 0.236. The number of nitrogens with zero attached hydrogens (tertiary/aromatic N) is 3. The summed E-state index contributed by atoms with van der Waals surface area (Å²) in [5.74, 6) is 0.822. The predicted octanol–water partition coefficient (Wildman–Crippen LogP) is 1.17. The fourth-order valence-electron chi connectivity index (χ4n) is 2.76. The quantitative estimate of drug-likeness (QED) is 0.767. The highest BCUT2D eigenvalue weighted by molar-refractivity contribution is 5.12. The summed E-state index contributed by atoms with van der Waals surface area (Å²) in [5.41, 5.74) is 7.23. The molecule has 0 spiro atoms. The van der Waals surface area contributed by atoms with Crippen molar-refractivity contribution in [2.75, 3.05) is 26.8 Å². The van der Waals surface area contributed by atoms with E-state index in [4.69, 9.17) is 10.5 Å². The first-order valence-corrected chi connectivity index (χ1v) is 7.10. The van der Waals surface area contributed by atoms with Crippen LogP contribution in [0, 0.1) is 5.92 Å². The first-order valence-electron chi connectivity index (χ1n) is 7.10. The van der Waals surface area contributed by atoms with E-state index in [1.165, 1.54) is 18.4 Å². The highest BCUT2D eigenvalue weighted by Crippen LogP contribution is 2.37. The maximum absolute atomic E-state index is 6.03. The molecule has 0 aliphatic heterocycles. The van der Waals surface area contributed by atoms with Crippen LogP contribution in [0.2, 0.25) is 0 Å². The summed E-state index contributed by atoms with van der Waals surface area (Å²) >= 11 is 0. The first kappa shape index (κ1) is 14.5. The van der Waals surface area contributed by atoms with Gasteiger partial charge >= 0.3 is 0 Å². The number of hydrogen-bond donors (Lipinski definition) is 1. The lowest BCUT2D eigenvalue weighted by Gasteiger charge is -2.35. The Morgan fingerprint density at radius 2 is 2.32 bits per heavy atom. The number of rotatable bonds is 8. The van der Waals surface area contributed by atoms with Gasteiger partial charge in [-0.1, -0.05) is 0 Å². The van der Waals surface area contributed by atoms with Crippen molar-refractivity contribution in [3.8, 4) is 0 Å². The predicted molar refractivity (Wildman–Crippen MR) is 75.8 cm³/mol. The zero-order chi connectivity index (χ0) is 13.8. The van der Waals surface area contributed by atoms with Gasteiger partial charge in [0.05, 0.1) is 18.8 Å². The van der Waals surface area contributed by atoms with Gasteiger partial charge in [-0.3, -0.25) is 9.58 Å². The van der Waals surface area contributed by atoms with Crippen LogP contribution in [0.25, 0.3) is 0 Å². The first-order chi connectivity index (χ1) is 9.17. The monoisotopic (exact) mass is 266 g/mol. The van der Waals surface area contributed by atoms with Gasteiger partial charge in [0.25, 0.3) is 0 Å². The molecule has 0 amide bonds. The van der Waals surface area contributed by atoms with Crippen LogP contribution in [0.4, 0.5) is 0 Å². The molecular formula is C14H26N4O. The van der Waals surface area contributed by atoms with Gasteiger partial charge in [0.2, 0.25) is 0 Å². The molecule has 0 aromatic carbocycles. The highest BCUT2D eigenvalue weighted by Gasteiger charge is 2.35.